The zero-order valence-corrected chi connectivity index (χ0v) is 14.6. The standard InChI is InChI=1S/C18H28N4O/c1-5-19-18(21-13(2)12-23-4)20-11-10-15-14(3)22-17-9-7-6-8-16(15)17/h6-9,13,22H,5,10-12H2,1-4H3,(H2,19,20,21). The normalized spacial score (nSPS) is 13.3. The summed E-state index contributed by atoms with van der Waals surface area (Å²) in [5, 5.41) is 7.93. The van der Waals surface area contributed by atoms with Crippen LogP contribution in [0.2, 0.25) is 0 Å². The summed E-state index contributed by atoms with van der Waals surface area (Å²) in [5.74, 6) is 0.842. The molecule has 0 radical (unpaired) electrons. The molecule has 23 heavy (non-hydrogen) atoms. The summed E-state index contributed by atoms with van der Waals surface area (Å²) in [6, 6.07) is 8.66. The molecule has 5 nitrogen and oxygen atoms in total. The molecule has 5 heteroatoms. The van der Waals surface area contributed by atoms with Crippen molar-refractivity contribution in [3.8, 4) is 0 Å². The van der Waals surface area contributed by atoms with Crippen LogP contribution in [0.25, 0.3) is 10.9 Å². The van der Waals surface area contributed by atoms with E-state index in [1.54, 1.807) is 7.11 Å². The molecular formula is C18H28N4O. The van der Waals surface area contributed by atoms with E-state index >= 15 is 0 Å². The number of nitrogens with zero attached hydrogens (tertiary/aromatic N) is 1. The minimum absolute atomic E-state index is 0.229. The first-order valence-corrected chi connectivity index (χ1v) is 8.25. The number of benzene rings is 1. The van der Waals surface area contributed by atoms with Crippen molar-refractivity contribution in [2.24, 2.45) is 4.99 Å². The lowest BCUT2D eigenvalue weighted by Gasteiger charge is -2.17. The average Bonchev–Trinajstić information content (AvgIpc) is 2.83. The van der Waals surface area contributed by atoms with Crippen LogP contribution in [0, 0.1) is 6.92 Å². The summed E-state index contributed by atoms with van der Waals surface area (Å²) in [6.45, 7) is 8.53. The van der Waals surface area contributed by atoms with Gasteiger partial charge in [0.25, 0.3) is 0 Å². The van der Waals surface area contributed by atoms with Crippen LogP contribution in [-0.4, -0.2) is 43.8 Å². The van der Waals surface area contributed by atoms with Crippen LogP contribution < -0.4 is 10.6 Å². The largest absolute Gasteiger partial charge is 0.383 e. The van der Waals surface area contributed by atoms with Gasteiger partial charge >= 0.3 is 0 Å². The Morgan fingerprint density at radius 1 is 1.35 bits per heavy atom. The highest BCUT2D eigenvalue weighted by Gasteiger charge is 2.08. The van der Waals surface area contributed by atoms with E-state index in [1.165, 1.54) is 22.2 Å². The molecule has 0 fully saturated rings. The first-order valence-electron chi connectivity index (χ1n) is 8.25. The van der Waals surface area contributed by atoms with E-state index in [0.29, 0.717) is 6.61 Å². The molecule has 0 spiro atoms. The molecule has 1 heterocycles. The van der Waals surface area contributed by atoms with Gasteiger partial charge in [-0.25, -0.2) is 0 Å². The van der Waals surface area contributed by atoms with Gasteiger partial charge in [0.05, 0.1) is 6.61 Å². The third-order valence-electron chi connectivity index (χ3n) is 3.80. The van der Waals surface area contributed by atoms with Gasteiger partial charge in [0.2, 0.25) is 0 Å². The lowest BCUT2D eigenvalue weighted by Crippen LogP contribution is -2.44. The molecule has 0 saturated heterocycles. The van der Waals surface area contributed by atoms with Gasteiger partial charge in [-0.2, -0.15) is 0 Å². The topological polar surface area (TPSA) is 61.4 Å². The minimum Gasteiger partial charge on any atom is -0.383 e. The number of hydrogen-bond donors (Lipinski definition) is 3. The molecule has 0 aliphatic carbocycles. The van der Waals surface area contributed by atoms with Crippen molar-refractivity contribution in [2.75, 3.05) is 26.8 Å². The Balaban J connectivity index is 2.03. The highest BCUT2D eigenvalue weighted by molar-refractivity contribution is 5.84. The zero-order valence-electron chi connectivity index (χ0n) is 14.6. The van der Waals surface area contributed by atoms with Crippen LogP contribution in [0.4, 0.5) is 0 Å². The lowest BCUT2D eigenvalue weighted by molar-refractivity contribution is 0.179. The van der Waals surface area contributed by atoms with Gasteiger partial charge in [-0.3, -0.25) is 4.99 Å². The molecule has 0 aliphatic rings. The molecule has 1 atom stereocenters. The first-order chi connectivity index (χ1) is 11.2. The van der Waals surface area contributed by atoms with Gasteiger partial charge in [0.15, 0.2) is 5.96 Å². The number of aromatic amines is 1. The number of rotatable bonds is 7. The number of nitrogens with one attached hydrogen (secondary N) is 3. The Morgan fingerprint density at radius 3 is 2.87 bits per heavy atom. The predicted octanol–water partition coefficient (Wildman–Crippen LogP) is 2.61. The molecule has 0 amide bonds. The van der Waals surface area contributed by atoms with Crippen LogP contribution in [0.3, 0.4) is 0 Å². The summed E-state index contributed by atoms with van der Waals surface area (Å²) in [6.07, 6.45) is 0.922. The van der Waals surface area contributed by atoms with Crippen LogP contribution in [0.1, 0.15) is 25.1 Å². The van der Waals surface area contributed by atoms with E-state index in [2.05, 4.69) is 65.6 Å². The van der Waals surface area contributed by atoms with Gasteiger partial charge in [0, 0.05) is 42.8 Å². The molecule has 0 saturated carbocycles. The van der Waals surface area contributed by atoms with Gasteiger partial charge in [-0.15, -0.1) is 0 Å². The van der Waals surface area contributed by atoms with E-state index in [1.807, 2.05) is 0 Å². The molecule has 1 aromatic carbocycles. The summed E-state index contributed by atoms with van der Waals surface area (Å²) < 4.78 is 5.16. The second-order valence-corrected chi connectivity index (χ2v) is 5.79. The Bertz CT molecular complexity index is 648. The average molecular weight is 316 g/mol. The number of aromatic nitrogens is 1. The van der Waals surface area contributed by atoms with Crippen molar-refractivity contribution < 1.29 is 4.74 Å². The van der Waals surface area contributed by atoms with Crippen molar-refractivity contribution in [3.05, 3.63) is 35.5 Å². The van der Waals surface area contributed by atoms with Crippen LogP contribution >= 0.6 is 0 Å². The van der Waals surface area contributed by atoms with Gasteiger partial charge in [-0.1, -0.05) is 18.2 Å². The third-order valence-corrected chi connectivity index (χ3v) is 3.80. The van der Waals surface area contributed by atoms with Crippen molar-refractivity contribution in [1.29, 1.82) is 0 Å². The maximum Gasteiger partial charge on any atom is 0.191 e. The number of aryl methyl sites for hydroxylation is 1. The number of hydrogen-bond acceptors (Lipinski definition) is 2. The Morgan fingerprint density at radius 2 is 2.13 bits per heavy atom. The molecule has 0 aliphatic heterocycles. The molecular weight excluding hydrogens is 288 g/mol. The summed E-state index contributed by atoms with van der Waals surface area (Å²) in [7, 11) is 1.71. The smallest absolute Gasteiger partial charge is 0.191 e. The van der Waals surface area contributed by atoms with Crippen molar-refractivity contribution >= 4 is 16.9 Å². The Kier molecular flexibility index (Phi) is 6.47. The van der Waals surface area contributed by atoms with Gasteiger partial charge in [0.1, 0.15) is 0 Å². The number of H-pyrrole nitrogens is 1. The van der Waals surface area contributed by atoms with Gasteiger partial charge in [-0.05, 0) is 38.8 Å². The van der Waals surface area contributed by atoms with E-state index in [-0.39, 0.29) is 6.04 Å². The number of para-hydroxylation sites is 1. The van der Waals surface area contributed by atoms with Crippen LogP contribution in [0.15, 0.2) is 29.3 Å². The highest BCUT2D eigenvalue weighted by Crippen LogP contribution is 2.22. The number of guanidine groups is 1. The summed E-state index contributed by atoms with van der Waals surface area (Å²) in [4.78, 5) is 8.13. The maximum absolute atomic E-state index is 5.16. The quantitative estimate of drug-likeness (QED) is 0.543. The highest BCUT2D eigenvalue weighted by atomic mass is 16.5. The molecule has 2 aromatic rings. The number of aliphatic imine (C=N–C) groups is 1. The fourth-order valence-corrected chi connectivity index (χ4v) is 2.78. The molecule has 3 N–H and O–H groups in total. The third kappa shape index (κ3) is 4.73. The van der Waals surface area contributed by atoms with Crippen LogP contribution in [0.5, 0.6) is 0 Å². The van der Waals surface area contributed by atoms with Crippen molar-refractivity contribution in [2.45, 2.75) is 33.2 Å². The minimum atomic E-state index is 0.229. The zero-order chi connectivity index (χ0) is 16.7. The Labute approximate surface area is 138 Å². The fourth-order valence-electron chi connectivity index (χ4n) is 2.78. The fraction of sp³-hybridized carbons (Fsp3) is 0.500. The number of fused-ring (bicyclic) bond motifs is 1. The molecule has 2 rings (SSSR count). The number of ether oxygens (including phenoxy) is 1. The summed E-state index contributed by atoms with van der Waals surface area (Å²) >= 11 is 0. The SMILES string of the molecule is CCNC(=NCCc1c(C)[nH]c2ccccc12)NC(C)COC. The molecule has 1 aromatic heterocycles. The molecule has 0 bridgehead atoms. The van der Waals surface area contributed by atoms with E-state index in [0.717, 1.165) is 25.5 Å². The van der Waals surface area contributed by atoms with Crippen molar-refractivity contribution in [1.82, 2.24) is 15.6 Å². The van der Waals surface area contributed by atoms with Crippen LogP contribution in [-0.2, 0) is 11.2 Å². The summed E-state index contributed by atoms with van der Waals surface area (Å²) in [5.41, 5.74) is 3.78. The second kappa shape index (κ2) is 8.58. The van der Waals surface area contributed by atoms with Gasteiger partial charge < -0.3 is 20.4 Å². The van der Waals surface area contributed by atoms with Crippen molar-refractivity contribution in [3.63, 3.8) is 0 Å². The maximum atomic E-state index is 5.16. The lowest BCUT2D eigenvalue weighted by atomic mass is 10.1. The number of methoxy groups -OCH3 is 1. The van der Waals surface area contributed by atoms with E-state index < -0.39 is 0 Å². The predicted molar refractivity (Wildman–Crippen MR) is 97.2 cm³/mol. The molecule has 1 unspecified atom stereocenters. The van der Waals surface area contributed by atoms with E-state index in [4.69, 9.17) is 4.74 Å². The van der Waals surface area contributed by atoms with E-state index in [9.17, 15) is 0 Å². The molecule has 126 valence electrons. The Hall–Kier alpha value is -2.01. The monoisotopic (exact) mass is 316 g/mol. The second-order valence-electron chi connectivity index (χ2n) is 5.79. The first kappa shape index (κ1) is 17.3.